The fraction of sp³-hybridized carbons (Fsp3) is 0.167. The van der Waals surface area contributed by atoms with Crippen LogP contribution in [0.3, 0.4) is 0 Å². The summed E-state index contributed by atoms with van der Waals surface area (Å²) in [6.45, 7) is 0. The van der Waals surface area contributed by atoms with E-state index in [1.165, 1.54) is 7.11 Å². The zero-order valence-electron chi connectivity index (χ0n) is 5.42. The maximum Gasteiger partial charge on any atom is 0.354 e. The Morgan fingerprint density at radius 3 is 2.80 bits per heavy atom. The van der Waals surface area contributed by atoms with Gasteiger partial charge in [-0.2, -0.15) is 0 Å². The molecule has 1 N–H and O–H groups in total. The van der Waals surface area contributed by atoms with Gasteiger partial charge in [-0.05, 0) is 12.1 Å². The van der Waals surface area contributed by atoms with E-state index >= 15 is 0 Å². The Balaban J connectivity index is 2.85. The molecule has 0 saturated heterocycles. The molecule has 0 amide bonds. The van der Waals surface area contributed by atoms with Crippen LogP contribution in [0.15, 0.2) is 17.2 Å². The van der Waals surface area contributed by atoms with Crippen molar-refractivity contribution in [1.82, 2.24) is 4.98 Å². The molecule has 3 nitrogen and oxygen atoms in total. The molecule has 0 aromatic carbocycles. The lowest BCUT2D eigenvalue weighted by atomic mass is 10.4. The Morgan fingerprint density at radius 1 is 1.70 bits per heavy atom. The van der Waals surface area contributed by atoms with Crippen molar-refractivity contribution in [2.45, 2.75) is 5.03 Å². The van der Waals surface area contributed by atoms with Crippen LogP contribution in [0.25, 0.3) is 0 Å². The van der Waals surface area contributed by atoms with Gasteiger partial charge < -0.3 is 9.72 Å². The number of thiol groups is 1. The molecule has 0 fully saturated rings. The smallest absolute Gasteiger partial charge is 0.354 e. The van der Waals surface area contributed by atoms with Crippen molar-refractivity contribution in [3.63, 3.8) is 0 Å². The zero-order chi connectivity index (χ0) is 7.56. The number of rotatable bonds is 1. The minimum Gasteiger partial charge on any atom is -0.464 e. The Hall–Kier alpha value is -0.900. The molecule has 4 heteroatoms. The standard InChI is InChI=1S/C6H7NO2S/c1-9-6(8)4-2-3-5(10)7-4/h2-3,7,10H,1H3. The highest BCUT2D eigenvalue weighted by Crippen LogP contribution is 2.05. The van der Waals surface area contributed by atoms with E-state index in [4.69, 9.17) is 0 Å². The number of methoxy groups -OCH3 is 1. The van der Waals surface area contributed by atoms with Gasteiger partial charge in [-0.1, -0.05) is 0 Å². The van der Waals surface area contributed by atoms with Gasteiger partial charge in [0.2, 0.25) is 0 Å². The van der Waals surface area contributed by atoms with Gasteiger partial charge in [0.1, 0.15) is 5.69 Å². The third kappa shape index (κ3) is 1.33. The lowest BCUT2D eigenvalue weighted by Gasteiger charge is -1.92. The van der Waals surface area contributed by atoms with Gasteiger partial charge in [0.05, 0.1) is 12.1 Å². The number of esters is 1. The second kappa shape index (κ2) is 2.79. The van der Waals surface area contributed by atoms with Crippen LogP contribution in [0.5, 0.6) is 0 Å². The van der Waals surface area contributed by atoms with E-state index in [1.807, 2.05) is 0 Å². The van der Waals surface area contributed by atoms with Gasteiger partial charge >= 0.3 is 5.97 Å². The lowest BCUT2D eigenvalue weighted by molar-refractivity contribution is 0.0594. The van der Waals surface area contributed by atoms with Crippen molar-refractivity contribution in [1.29, 1.82) is 0 Å². The quantitative estimate of drug-likeness (QED) is 0.473. The largest absolute Gasteiger partial charge is 0.464 e. The molecule has 1 heterocycles. The summed E-state index contributed by atoms with van der Waals surface area (Å²) in [5.41, 5.74) is 0.424. The number of hydrogen-bond donors (Lipinski definition) is 2. The van der Waals surface area contributed by atoms with Crippen molar-refractivity contribution in [2.24, 2.45) is 0 Å². The van der Waals surface area contributed by atoms with Crippen LogP contribution in [-0.4, -0.2) is 18.1 Å². The number of hydrogen-bond acceptors (Lipinski definition) is 3. The summed E-state index contributed by atoms with van der Waals surface area (Å²) in [4.78, 5) is 13.5. The minimum absolute atomic E-state index is 0.375. The molecule has 0 aliphatic carbocycles. The first-order chi connectivity index (χ1) is 4.74. The van der Waals surface area contributed by atoms with Crippen LogP contribution in [0.2, 0.25) is 0 Å². The average molecular weight is 157 g/mol. The van der Waals surface area contributed by atoms with Crippen molar-refractivity contribution in [3.05, 3.63) is 17.8 Å². The molecule has 1 aromatic rings. The number of aromatic amines is 1. The molecule has 0 atom stereocenters. The van der Waals surface area contributed by atoms with Crippen molar-refractivity contribution in [3.8, 4) is 0 Å². The highest BCUT2D eigenvalue weighted by Gasteiger charge is 2.05. The van der Waals surface area contributed by atoms with Crippen LogP contribution < -0.4 is 0 Å². The first kappa shape index (κ1) is 7.21. The third-order valence-electron chi connectivity index (χ3n) is 1.08. The van der Waals surface area contributed by atoms with Gasteiger partial charge in [0, 0.05) is 0 Å². The van der Waals surface area contributed by atoms with E-state index in [1.54, 1.807) is 12.1 Å². The number of H-pyrrole nitrogens is 1. The number of carbonyl (C=O) groups excluding carboxylic acids is 1. The molecular weight excluding hydrogens is 150 g/mol. The monoisotopic (exact) mass is 157 g/mol. The number of nitrogens with one attached hydrogen (secondary N) is 1. The van der Waals surface area contributed by atoms with E-state index in [2.05, 4.69) is 22.3 Å². The molecule has 0 aliphatic rings. The van der Waals surface area contributed by atoms with Crippen LogP contribution >= 0.6 is 12.6 Å². The molecule has 1 aromatic heterocycles. The maximum atomic E-state index is 10.7. The van der Waals surface area contributed by atoms with Crippen molar-refractivity contribution < 1.29 is 9.53 Å². The van der Waals surface area contributed by atoms with E-state index in [0.717, 1.165) is 0 Å². The Bertz CT molecular complexity index is 244. The van der Waals surface area contributed by atoms with E-state index in [0.29, 0.717) is 10.7 Å². The predicted octanol–water partition coefficient (Wildman–Crippen LogP) is 1.09. The first-order valence-corrected chi connectivity index (χ1v) is 3.15. The summed E-state index contributed by atoms with van der Waals surface area (Å²) in [6, 6.07) is 3.31. The first-order valence-electron chi connectivity index (χ1n) is 2.70. The molecule has 0 radical (unpaired) electrons. The topological polar surface area (TPSA) is 42.1 Å². The molecule has 0 aliphatic heterocycles. The highest BCUT2D eigenvalue weighted by atomic mass is 32.1. The maximum absolute atomic E-state index is 10.7. The minimum atomic E-state index is -0.375. The van der Waals surface area contributed by atoms with E-state index in [-0.39, 0.29) is 5.97 Å². The molecule has 10 heavy (non-hydrogen) atoms. The summed E-state index contributed by atoms with van der Waals surface area (Å²) in [7, 11) is 1.33. The Kier molecular flexibility index (Phi) is 2.01. The lowest BCUT2D eigenvalue weighted by Crippen LogP contribution is -2.00. The number of carbonyl (C=O) groups is 1. The Labute approximate surface area is 63.8 Å². The second-order valence-corrected chi connectivity index (χ2v) is 2.23. The summed E-state index contributed by atoms with van der Waals surface area (Å²) < 4.78 is 4.45. The van der Waals surface area contributed by atoms with Gasteiger partial charge in [0.25, 0.3) is 0 Å². The molecule has 0 saturated carbocycles. The molecule has 1 rings (SSSR count). The summed E-state index contributed by atoms with van der Waals surface area (Å²) in [5.74, 6) is -0.375. The van der Waals surface area contributed by atoms with Gasteiger partial charge in [-0.15, -0.1) is 12.6 Å². The van der Waals surface area contributed by atoms with Crippen LogP contribution in [0.4, 0.5) is 0 Å². The third-order valence-corrected chi connectivity index (χ3v) is 1.34. The molecule has 54 valence electrons. The van der Waals surface area contributed by atoms with Crippen LogP contribution in [0.1, 0.15) is 10.5 Å². The van der Waals surface area contributed by atoms with E-state index < -0.39 is 0 Å². The van der Waals surface area contributed by atoms with Gasteiger partial charge in [0.15, 0.2) is 0 Å². The molecule has 0 spiro atoms. The number of aromatic nitrogens is 1. The fourth-order valence-corrected chi connectivity index (χ4v) is 0.808. The van der Waals surface area contributed by atoms with Gasteiger partial charge in [-0.25, -0.2) is 4.79 Å². The fourth-order valence-electron chi connectivity index (χ4n) is 0.613. The summed E-state index contributed by atoms with van der Waals surface area (Å²) in [6.07, 6.45) is 0. The SMILES string of the molecule is COC(=O)c1ccc(S)[nH]1. The highest BCUT2D eigenvalue weighted by molar-refractivity contribution is 7.80. The van der Waals surface area contributed by atoms with Crippen molar-refractivity contribution >= 4 is 18.6 Å². The zero-order valence-corrected chi connectivity index (χ0v) is 6.31. The molecule has 0 unspecified atom stereocenters. The Morgan fingerprint density at radius 2 is 2.40 bits per heavy atom. The normalized spacial score (nSPS) is 9.40. The van der Waals surface area contributed by atoms with E-state index in [9.17, 15) is 4.79 Å². The van der Waals surface area contributed by atoms with Crippen LogP contribution in [-0.2, 0) is 4.74 Å². The molecular formula is C6H7NO2S. The van der Waals surface area contributed by atoms with Crippen molar-refractivity contribution in [2.75, 3.05) is 7.11 Å². The molecule has 0 bridgehead atoms. The second-order valence-electron chi connectivity index (χ2n) is 1.75. The van der Waals surface area contributed by atoms with Crippen LogP contribution in [0, 0.1) is 0 Å². The predicted molar refractivity (Wildman–Crippen MR) is 39.4 cm³/mol. The number of ether oxygens (including phenoxy) is 1. The van der Waals surface area contributed by atoms with Gasteiger partial charge in [-0.3, -0.25) is 0 Å². The summed E-state index contributed by atoms with van der Waals surface area (Å²) >= 11 is 3.98. The average Bonchev–Trinajstić information content (AvgIpc) is 2.34. The summed E-state index contributed by atoms with van der Waals surface area (Å²) in [5, 5.41) is 0.653.